The molecule has 0 spiro atoms. The van der Waals surface area contributed by atoms with Crippen molar-refractivity contribution in [2.75, 3.05) is 26.2 Å². The SMILES string of the molecule is CCCCCC(=O)N1CCN(Cc2cccc(C)c2)CC1. The summed E-state index contributed by atoms with van der Waals surface area (Å²) in [6.45, 7) is 9.07. The number of carbonyl (C=O) groups is 1. The summed E-state index contributed by atoms with van der Waals surface area (Å²) < 4.78 is 0. The van der Waals surface area contributed by atoms with Gasteiger partial charge in [0.25, 0.3) is 0 Å². The summed E-state index contributed by atoms with van der Waals surface area (Å²) in [7, 11) is 0. The number of carbonyl (C=O) groups excluding carboxylic acids is 1. The van der Waals surface area contributed by atoms with Crippen molar-refractivity contribution in [2.45, 2.75) is 46.1 Å². The Balaban J connectivity index is 1.74. The third-order valence-electron chi connectivity index (χ3n) is 4.21. The Kier molecular flexibility index (Phi) is 6.24. The van der Waals surface area contributed by atoms with E-state index < -0.39 is 0 Å². The summed E-state index contributed by atoms with van der Waals surface area (Å²) in [5.74, 6) is 0.346. The Hall–Kier alpha value is -1.35. The van der Waals surface area contributed by atoms with Gasteiger partial charge in [0.2, 0.25) is 5.91 Å². The predicted octanol–water partition coefficient (Wildman–Crippen LogP) is 3.22. The third kappa shape index (κ3) is 5.16. The number of nitrogens with zero attached hydrogens (tertiary/aromatic N) is 2. The van der Waals surface area contributed by atoms with E-state index in [1.807, 2.05) is 4.90 Å². The average Bonchev–Trinajstić information content (AvgIpc) is 2.48. The van der Waals surface area contributed by atoms with Gasteiger partial charge in [0.1, 0.15) is 0 Å². The van der Waals surface area contributed by atoms with Crippen LogP contribution in [0.4, 0.5) is 0 Å². The van der Waals surface area contributed by atoms with Crippen LogP contribution < -0.4 is 0 Å². The number of rotatable bonds is 6. The summed E-state index contributed by atoms with van der Waals surface area (Å²) >= 11 is 0. The van der Waals surface area contributed by atoms with Gasteiger partial charge in [-0.05, 0) is 18.9 Å². The van der Waals surface area contributed by atoms with E-state index in [2.05, 4.69) is 43.0 Å². The monoisotopic (exact) mass is 288 g/mol. The summed E-state index contributed by atoms with van der Waals surface area (Å²) in [6.07, 6.45) is 4.11. The summed E-state index contributed by atoms with van der Waals surface area (Å²) in [4.78, 5) is 16.6. The fraction of sp³-hybridized carbons (Fsp3) is 0.611. The first-order valence-corrected chi connectivity index (χ1v) is 8.24. The average molecular weight is 288 g/mol. The van der Waals surface area contributed by atoms with E-state index in [1.165, 1.54) is 24.0 Å². The number of hydrogen-bond donors (Lipinski definition) is 0. The first kappa shape index (κ1) is 16.0. The first-order valence-electron chi connectivity index (χ1n) is 8.24. The molecule has 1 aromatic carbocycles. The van der Waals surface area contributed by atoms with E-state index in [1.54, 1.807) is 0 Å². The summed E-state index contributed by atoms with van der Waals surface area (Å²) in [5.41, 5.74) is 2.69. The van der Waals surface area contributed by atoms with Crippen molar-refractivity contribution in [3.63, 3.8) is 0 Å². The van der Waals surface area contributed by atoms with Crippen LogP contribution in [-0.2, 0) is 11.3 Å². The minimum absolute atomic E-state index is 0.346. The molecular weight excluding hydrogens is 260 g/mol. The highest BCUT2D eigenvalue weighted by Gasteiger charge is 2.20. The molecule has 2 rings (SSSR count). The molecule has 0 N–H and O–H groups in total. The molecule has 1 heterocycles. The minimum atomic E-state index is 0.346. The first-order chi connectivity index (χ1) is 10.2. The van der Waals surface area contributed by atoms with E-state index in [4.69, 9.17) is 0 Å². The zero-order chi connectivity index (χ0) is 15.1. The molecule has 116 valence electrons. The van der Waals surface area contributed by atoms with Gasteiger partial charge in [0, 0.05) is 39.1 Å². The van der Waals surface area contributed by atoms with Crippen LogP contribution >= 0.6 is 0 Å². The summed E-state index contributed by atoms with van der Waals surface area (Å²) in [6, 6.07) is 8.70. The molecule has 1 amide bonds. The van der Waals surface area contributed by atoms with Gasteiger partial charge >= 0.3 is 0 Å². The van der Waals surface area contributed by atoms with Crippen LogP contribution in [0.2, 0.25) is 0 Å². The minimum Gasteiger partial charge on any atom is -0.340 e. The maximum absolute atomic E-state index is 12.1. The number of piperazine rings is 1. The molecule has 1 aliphatic rings. The quantitative estimate of drug-likeness (QED) is 0.750. The fourth-order valence-corrected chi connectivity index (χ4v) is 2.91. The summed E-state index contributed by atoms with van der Waals surface area (Å²) in [5, 5.41) is 0. The second-order valence-electron chi connectivity index (χ2n) is 6.10. The van der Waals surface area contributed by atoms with Crippen molar-refractivity contribution in [1.82, 2.24) is 9.80 Å². The van der Waals surface area contributed by atoms with Crippen molar-refractivity contribution in [3.8, 4) is 0 Å². The van der Waals surface area contributed by atoms with Crippen LogP contribution in [0.3, 0.4) is 0 Å². The zero-order valence-corrected chi connectivity index (χ0v) is 13.5. The molecule has 1 aliphatic heterocycles. The van der Waals surface area contributed by atoms with Crippen LogP contribution in [-0.4, -0.2) is 41.9 Å². The van der Waals surface area contributed by atoms with Crippen LogP contribution in [0.1, 0.15) is 43.7 Å². The van der Waals surface area contributed by atoms with Crippen LogP contribution in [0, 0.1) is 6.92 Å². The Morgan fingerprint density at radius 1 is 1.14 bits per heavy atom. The van der Waals surface area contributed by atoms with E-state index in [-0.39, 0.29) is 0 Å². The van der Waals surface area contributed by atoms with Crippen LogP contribution in [0.25, 0.3) is 0 Å². The molecule has 0 aromatic heterocycles. The predicted molar refractivity (Wildman–Crippen MR) is 87.2 cm³/mol. The van der Waals surface area contributed by atoms with Crippen LogP contribution in [0.5, 0.6) is 0 Å². The zero-order valence-electron chi connectivity index (χ0n) is 13.5. The molecule has 0 radical (unpaired) electrons. The highest BCUT2D eigenvalue weighted by Crippen LogP contribution is 2.12. The second kappa shape index (κ2) is 8.18. The Labute approximate surface area is 128 Å². The van der Waals surface area contributed by atoms with Gasteiger partial charge in [-0.3, -0.25) is 9.69 Å². The second-order valence-corrected chi connectivity index (χ2v) is 6.10. The largest absolute Gasteiger partial charge is 0.340 e. The molecule has 0 atom stereocenters. The van der Waals surface area contributed by atoms with Crippen molar-refractivity contribution < 1.29 is 4.79 Å². The van der Waals surface area contributed by atoms with E-state index >= 15 is 0 Å². The molecule has 1 fully saturated rings. The topological polar surface area (TPSA) is 23.6 Å². The molecule has 3 heteroatoms. The van der Waals surface area contributed by atoms with Gasteiger partial charge in [-0.2, -0.15) is 0 Å². The normalized spacial score (nSPS) is 16.2. The molecule has 1 saturated heterocycles. The molecule has 0 unspecified atom stereocenters. The van der Waals surface area contributed by atoms with Crippen molar-refractivity contribution in [1.29, 1.82) is 0 Å². The highest BCUT2D eigenvalue weighted by molar-refractivity contribution is 5.76. The van der Waals surface area contributed by atoms with E-state index in [9.17, 15) is 4.79 Å². The lowest BCUT2D eigenvalue weighted by Crippen LogP contribution is -2.48. The Bertz CT molecular complexity index is 450. The molecular formula is C18H28N2O. The molecule has 21 heavy (non-hydrogen) atoms. The maximum atomic E-state index is 12.1. The number of benzene rings is 1. The van der Waals surface area contributed by atoms with E-state index in [0.29, 0.717) is 5.91 Å². The number of amides is 1. The van der Waals surface area contributed by atoms with Gasteiger partial charge < -0.3 is 4.90 Å². The van der Waals surface area contributed by atoms with Gasteiger partial charge in [-0.15, -0.1) is 0 Å². The molecule has 0 saturated carbocycles. The van der Waals surface area contributed by atoms with Crippen molar-refractivity contribution >= 4 is 5.91 Å². The number of hydrogen-bond acceptors (Lipinski definition) is 2. The van der Waals surface area contributed by atoms with Gasteiger partial charge in [-0.1, -0.05) is 49.6 Å². The highest BCUT2D eigenvalue weighted by atomic mass is 16.2. The van der Waals surface area contributed by atoms with Crippen molar-refractivity contribution in [3.05, 3.63) is 35.4 Å². The third-order valence-corrected chi connectivity index (χ3v) is 4.21. The molecule has 3 nitrogen and oxygen atoms in total. The van der Waals surface area contributed by atoms with Gasteiger partial charge in [0.15, 0.2) is 0 Å². The number of unbranched alkanes of at least 4 members (excludes halogenated alkanes) is 2. The Morgan fingerprint density at radius 2 is 1.90 bits per heavy atom. The lowest BCUT2D eigenvalue weighted by molar-refractivity contribution is -0.133. The molecule has 0 aliphatic carbocycles. The van der Waals surface area contributed by atoms with E-state index in [0.717, 1.165) is 45.6 Å². The molecule has 0 bridgehead atoms. The van der Waals surface area contributed by atoms with Crippen LogP contribution in [0.15, 0.2) is 24.3 Å². The number of aryl methyl sites for hydroxylation is 1. The standard InChI is InChI=1S/C18H28N2O/c1-3-4-5-9-18(21)20-12-10-19(11-13-20)15-17-8-6-7-16(2)14-17/h6-8,14H,3-5,9-13,15H2,1-2H3. The maximum Gasteiger partial charge on any atom is 0.222 e. The molecule has 1 aromatic rings. The Morgan fingerprint density at radius 3 is 2.57 bits per heavy atom. The smallest absolute Gasteiger partial charge is 0.222 e. The lowest BCUT2D eigenvalue weighted by Gasteiger charge is -2.35. The lowest BCUT2D eigenvalue weighted by atomic mass is 10.1. The van der Waals surface area contributed by atoms with Gasteiger partial charge in [0.05, 0.1) is 0 Å². The fourth-order valence-electron chi connectivity index (χ4n) is 2.91. The van der Waals surface area contributed by atoms with Crippen molar-refractivity contribution in [2.24, 2.45) is 0 Å². The van der Waals surface area contributed by atoms with Gasteiger partial charge in [-0.25, -0.2) is 0 Å².